The van der Waals surface area contributed by atoms with Crippen molar-refractivity contribution >= 4 is 0 Å². The molecule has 13 heavy (non-hydrogen) atoms. The number of rotatable bonds is 3. The molecule has 76 valence electrons. The van der Waals surface area contributed by atoms with Gasteiger partial charge in [0.05, 0.1) is 0 Å². The second kappa shape index (κ2) is 4.55. The van der Waals surface area contributed by atoms with Crippen molar-refractivity contribution in [2.45, 2.75) is 33.4 Å². The molecule has 0 aliphatic rings. The first-order valence-electron chi connectivity index (χ1n) is 4.31. The first kappa shape index (κ1) is 12.3. The molecule has 0 saturated carbocycles. The van der Waals surface area contributed by atoms with Gasteiger partial charge in [0.2, 0.25) is 0 Å². The fraction of sp³-hybridized carbons (Fsp3) is 0.800. The third kappa shape index (κ3) is 4.21. The first-order valence-corrected chi connectivity index (χ1v) is 4.31. The average molecular weight is 192 g/mol. The predicted octanol–water partition coefficient (Wildman–Crippen LogP) is 3.48. The molecule has 0 fully saturated rings. The normalized spacial score (nSPS) is 16.8. The maximum Gasteiger partial charge on any atom is 0.402 e. The summed E-state index contributed by atoms with van der Waals surface area (Å²) in [6.45, 7) is 5.59. The Balaban J connectivity index is 4.25. The van der Waals surface area contributed by atoms with E-state index in [0.717, 1.165) is 0 Å². The quantitative estimate of drug-likeness (QED) is 0.600. The van der Waals surface area contributed by atoms with Gasteiger partial charge in [0.25, 0.3) is 0 Å². The molecule has 0 rings (SSSR count). The standard InChI is InChI=1S/C10H15F3/c1-5-9(10(11,12)13)6-8(4)7(2)3/h1,7-9H,6H2,2-4H3. The second-order valence-electron chi connectivity index (χ2n) is 3.72. The van der Waals surface area contributed by atoms with Crippen molar-refractivity contribution in [3.63, 3.8) is 0 Å². The molecular weight excluding hydrogens is 177 g/mol. The summed E-state index contributed by atoms with van der Waals surface area (Å²) in [7, 11) is 0. The summed E-state index contributed by atoms with van der Waals surface area (Å²) in [5, 5.41) is 0. The van der Waals surface area contributed by atoms with Gasteiger partial charge >= 0.3 is 6.18 Å². The van der Waals surface area contributed by atoms with E-state index < -0.39 is 12.1 Å². The molecule has 0 bridgehead atoms. The largest absolute Gasteiger partial charge is 0.402 e. The summed E-state index contributed by atoms with van der Waals surface area (Å²) < 4.78 is 36.6. The summed E-state index contributed by atoms with van der Waals surface area (Å²) in [6.07, 6.45) is 0.611. The first-order chi connectivity index (χ1) is 5.79. The number of terminal acetylenes is 1. The van der Waals surface area contributed by atoms with Crippen LogP contribution in [0, 0.1) is 30.1 Å². The van der Waals surface area contributed by atoms with Crippen molar-refractivity contribution in [1.29, 1.82) is 0 Å². The van der Waals surface area contributed by atoms with Crippen LogP contribution in [0.3, 0.4) is 0 Å². The summed E-state index contributed by atoms with van der Waals surface area (Å²) in [5.41, 5.74) is 0. The van der Waals surface area contributed by atoms with Gasteiger partial charge in [-0.3, -0.25) is 0 Å². The number of alkyl halides is 3. The maximum absolute atomic E-state index is 12.2. The molecule has 0 heterocycles. The van der Waals surface area contributed by atoms with Crippen LogP contribution in [0.25, 0.3) is 0 Å². The van der Waals surface area contributed by atoms with Gasteiger partial charge in [0.15, 0.2) is 0 Å². The number of hydrogen-bond donors (Lipinski definition) is 0. The molecule has 0 nitrogen and oxygen atoms in total. The minimum atomic E-state index is -4.25. The van der Waals surface area contributed by atoms with Crippen LogP contribution < -0.4 is 0 Å². The highest BCUT2D eigenvalue weighted by Crippen LogP contribution is 2.32. The fourth-order valence-corrected chi connectivity index (χ4v) is 0.940. The monoisotopic (exact) mass is 192 g/mol. The SMILES string of the molecule is C#CC(CC(C)C(C)C)C(F)(F)F. The van der Waals surface area contributed by atoms with Crippen LogP contribution in [0.15, 0.2) is 0 Å². The van der Waals surface area contributed by atoms with E-state index >= 15 is 0 Å². The lowest BCUT2D eigenvalue weighted by molar-refractivity contribution is -0.162. The Kier molecular flexibility index (Phi) is 4.32. The molecule has 0 spiro atoms. The van der Waals surface area contributed by atoms with Gasteiger partial charge in [-0.25, -0.2) is 0 Å². The summed E-state index contributed by atoms with van der Waals surface area (Å²) in [6, 6.07) is 0. The Labute approximate surface area is 77.5 Å². The predicted molar refractivity (Wildman–Crippen MR) is 47.0 cm³/mol. The zero-order valence-corrected chi connectivity index (χ0v) is 8.15. The minimum Gasteiger partial charge on any atom is -0.170 e. The highest BCUT2D eigenvalue weighted by Gasteiger charge is 2.39. The Hall–Kier alpha value is -0.650. The molecule has 2 unspecified atom stereocenters. The Morgan fingerprint density at radius 3 is 1.92 bits per heavy atom. The molecule has 0 aromatic carbocycles. The van der Waals surface area contributed by atoms with Crippen LogP contribution in [0.1, 0.15) is 27.2 Å². The van der Waals surface area contributed by atoms with E-state index in [1.165, 1.54) is 0 Å². The van der Waals surface area contributed by atoms with Gasteiger partial charge in [0.1, 0.15) is 5.92 Å². The lowest BCUT2D eigenvalue weighted by Crippen LogP contribution is -2.24. The minimum absolute atomic E-state index is 0.00248. The van der Waals surface area contributed by atoms with Crippen LogP contribution in [-0.2, 0) is 0 Å². The molecule has 0 amide bonds. The second-order valence-corrected chi connectivity index (χ2v) is 3.72. The van der Waals surface area contributed by atoms with E-state index in [9.17, 15) is 13.2 Å². The van der Waals surface area contributed by atoms with Crippen molar-refractivity contribution in [2.75, 3.05) is 0 Å². The Morgan fingerprint density at radius 1 is 1.23 bits per heavy atom. The van der Waals surface area contributed by atoms with Crippen LogP contribution in [0.2, 0.25) is 0 Å². The zero-order chi connectivity index (χ0) is 10.6. The Bertz CT molecular complexity index is 185. The van der Waals surface area contributed by atoms with Gasteiger partial charge in [-0.05, 0) is 18.3 Å². The molecule has 2 atom stereocenters. The molecule has 0 aromatic rings. The fourth-order valence-electron chi connectivity index (χ4n) is 0.940. The van der Waals surface area contributed by atoms with Gasteiger partial charge < -0.3 is 0 Å². The number of hydrogen-bond acceptors (Lipinski definition) is 0. The third-order valence-corrected chi connectivity index (χ3v) is 2.34. The lowest BCUT2D eigenvalue weighted by Gasteiger charge is -2.21. The molecule has 0 aliphatic carbocycles. The summed E-state index contributed by atoms with van der Waals surface area (Å²) in [4.78, 5) is 0. The molecule has 0 N–H and O–H groups in total. The molecule has 3 heteroatoms. The number of halogens is 3. The highest BCUT2D eigenvalue weighted by atomic mass is 19.4. The zero-order valence-electron chi connectivity index (χ0n) is 8.15. The van der Waals surface area contributed by atoms with E-state index in [4.69, 9.17) is 6.42 Å². The van der Waals surface area contributed by atoms with Crippen LogP contribution in [0.4, 0.5) is 13.2 Å². The van der Waals surface area contributed by atoms with Crippen molar-refractivity contribution in [1.82, 2.24) is 0 Å². The van der Waals surface area contributed by atoms with E-state index in [1.54, 1.807) is 12.8 Å². The molecule has 0 aliphatic heterocycles. The lowest BCUT2D eigenvalue weighted by atomic mass is 9.88. The van der Waals surface area contributed by atoms with E-state index in [-0.39, 0.29) is 18.3 Å². The highest BCUT2D eigenvalue weighted by molar-refractivity contribution is 4.97. The van der Waals surface area contributed by atoms with Gasteiger partial charge in [-0.15, -0.1) is 6.42 Å². The van der Waals surface area contributed by atoms with Gasteiger partial charge in [-0.2, -0.15) is 13.2 Å². The van der Waals surface area contributed by atoms with Crippen molar-refractivity contribution in [3.05, 3.63) is 0 Å². The van der Waals surface area contributed by atoms with Gasteiger partial charge in [0, 0.05) is 0 Å². The van der Waals surface area contributed by atoms with Gasteiger partial charge in [-0.1, -0.05) is 26.7 Å². The maximum atomic E-state index is 12.2. The van der Waals surface area contributed by atoms with Crippen molar-refractivity contribution in [2.24, 2.45) is 17.8 Å². The third-order valence-electron chi connectivity index (χ3n) is 2.34. The summed E-state index contributed by atoms with van der Waals surface area (Å²) >= 11 is 0. The van der Waals surface area contributed by atoms with E-state index in [2.05, 4.69) is 0 Å². The molecule has 0 saturated heterocycles. The molecule has 0 aromatic heterocycles. The topological polar surface area (TPSA) is 0 Å². The van der Waals surface area contributed by atoms with Crippen LogP contribution in [0.5, 0.6) is 0 Å². The summed E-state index contributed by atoms with van der Waals surface area (Å²) in [5.74, 6) is 0.447. The Morgan fingerprint density at radius 2 is 1.69 bits per heavy atom. The average Bonchev–Trinajstić information content (AvgIpc) is 1.96. The van der Waals surface area contributed by atoms with E-state index in [1.807, 2.05) is 13.8 Å². The van der Waals surface area contributed by atoms with Crippen molar-refractivity contribution in [3.8, 4) is 12.3 Å². The van der Waals surface area contributed by atoms with E-state index in [0.29, 0.717) is 0 Å². The van der Waals surface area contributed by atoms with Crippen LogP contribution >= 0.6 is 0 Å². The molecule has 0 radical (unpaired) electrons. The molecular formula is C10H15F3. The van der Waals surface area contributed by atoms with Crippen molar-refractivity contribution < 1.29 is 13.2 Å². The smallest absolute Gasteiger partial charge is 0.170 e. The van der Waals surface area contributed by atoms with Crippen LogP contribution in [-0.4, -0.2) is 6.18 Å².